The van der Waals surface area contributed by atoms with E-state index < -0.39 is 0 Å². The van der Waals surface area contributed by atoms with Crippen molar-refractivity contribution in [1.29, 1.82) is 0 Å². The molecule has 5 rings (SSSR count). The highest BCUT2D eigenvalue weighted by atomic mass is 16.5. The second-order valence-corrected chi connectivity index (χ2v) is 10.9. The number of fused-ring (bicyclic) bond motifs is 5. The molecule has 0 bridgehead atoms. The molecule has 160 valence electrons. The molecule has 2 unspecified atom stereocenters. The summed E-state index contributed by atoms with van der Waals surface area (Å²) in [7, 11) is 0. The third kappa shape index (κ3) is 3.15. The summed E-state index contributed by atoms with van der Waals surface area (Å²) in [5.41, 5.74) is 9.67. The van der Waals surface area contributed by atoms with Gasteiger partial charge >= 0.3 is 0 Å². The predicted octanol–water partition coefficient (Wildman–Crippen LogP) is 6.06. The van der Waals surface area contributed by atoms with E-state index in [2.05, 4.69) is 26.0 Å². The predicted molar refractivity (Wildman–Crippen MR) is 117 cm³/mol. The van der Waals surface area contributed by atoms with Gasteiger partial charge in [-0.25, -0.2) is 0 Å². The van der Waals surface area contributed by atoms with Crippen molar-refractivity contribution < 1.29 is 9.15 Å². The molecule has 3 nitrogen and oxygen atoms in total. The first-order valence-electron chi connectivity index (χ1n) is 12.1. The van der Waals surface area contributed by atoms with Crippen LogP contribution >= 0.6 is 0 Å². The van der Waals surface area contributed by atoms with Crippen LogP contribution in [0.25, 0.3) is 0 Å². The van der Waals surface area contributed by atoms with Gasteiger partial charge in [0.1, 0.15) is 0 Å². The average Bonchev–Trinajstić information content (AvgIpc) is 3.35. The summed E-state index contributed by atoms with van der Waals surface area (Å²) >= 11 is 0. The lowest BCUT2D eigenvalue weighted by Crippen LogP contribution is -2.50. The topological polar surface area (TPSA) is 48.4 Å². The smallest absolute Gasteiger partial charge is 0.0937 e. The first-order valence-corrected chi connectivity index (χ1v) is 12.1. The van der Waals surface area contributed by atoms with E-state index in [4.69, 9.17) is 14.9 Å². The highest BCUT2D eigenvalue weighted by Gasteiger charge is 2.58. The van der Waals surface area contributed by atoms with E-state index in [0.717, 1.165) is 43.7 Å². The molecule has 3 fully saturated rings. The highest BCUT2D eigenvalue weighted by Crippen LogP contribution is 2.68. The van der Waals surface area contributed by atoms with Crippen LogP contribution in [0.15, 0.2) is 34.7 Å². The van der Waals surface area contributed by atoms with Crippen LogP contribution in [0.4, 0.5) is 0 Å². The van der Waals surface area contributed by atoms with E-state index in [0.29, 0.717) is 22.9 Å². The second kappa shape index (κ2) is 7.57. The molecule has 1 aromatic heterocycles. The number of rotatable bonds is 5. The molecule has 0 aliphatic heterocycles. The van der Waals surface area contributed by atoms with Gasteiger partial charge in [0, 0.05) is 6.61 Å². The van der Waals surface area contributed by atoms with Crippen LogP contribution in [0.5, 0.6) is 0 Å². The Labute approximate surface area is 176 Å². The maximum Gasteiger partial charge on any atom is 0.0937 e. The molecule has 7 atom stereocenters. The molecular weight excluding hydrogens is 358 g/mol. The molecular formula is C26H39NO2. The van der Waals surface area contributed by atoms with Gasteiger partial charge in [0.05, 0.1) is 18.6 Å². The van der Waals surface area contributed by atoms with Gasteiger partial charge in [0.2, 0.25) is 0 Å². The molecule has 2 N–H and O–H groups in total. The van der Waals surface area contributed by atoms with Crippen molar-refractivity contribution in [3.05, 3.63) is 35.8 Å². The van der Waals surface area contributed by atoms with E-state index in [9.17, 15) is 0 Å². The number of ether oxygens (including phenoxy) is 1. The van der Waals surface area contributed by atoms with Crippen LogP contribution in [-0.4, -0.2) is 19.3 Å². The highest BCUT2D eigenvalue weighted by molar-refractivity contribution is 5.27. The Morgan fingerprint density at radius 1 is 1.14 bits per heavy atom. The Hall–Kier alpha value is -1.06. The summed E-state index contributed by atoms with van der Waals surface area (Å²) in [6, 6.07) is 2.22. The number of furan rings is 1. The number of allylic oxidation sites excluding steroid dienone is 1. The Kier molecular flexibility index (Phi) is 5.19. The van der Waals surface area contributed by atoms with Crippen molar-refractivity contribution in [2.24, 2.45) is 34.3 Å². The second-order valence-electron chi connectivity index (χ2n) is 10.9. The van der Waals surface area contributed by atoms with E-state index in [1.165, 1.54) is 50.5 Å². The van der Waals surface area contributed by atoms with E-state index in [-0.39, 0.29) is 0 Å². The molecule has 29 heavy (non-hydrogen) atoms. The van der Waals surface area contributed by atoms with E-state index >= 15 is 0 Å². The lowest BCUT2D eigenvalue weighted by Gasteiger charge is -2.58. The van der Waals surface area contributed by atoms with Gasteiger partial charge in [-0.05, 0) is 110 Å². The summed E-state index contributed by atoms with van der Waals surface area (Å²) in [5.74, 6) is 3.30. The van der Waals surface area contributed by atoms with Crippen LogP contribution in [-0.2, 0) is 4.74 Å². The molecule has 4 aliphatic carbocycles. The average molecular weight is 398 g/mol. The van der Waals surface area contributed by atoms with Crippen LogP contribution in [0.2, 0.25) is 0 Å². The van der Waals surface area contributed by atoms with E-state index in [1.807, 2.05) is 12.5 Å². The third-order valence-electron chi connectivity index (χ3n) is 9.71. The molecule has 4 aliphatic rings. The molecule has 3 saturated carbocycles. The zero-order valence-electron chi connectivity index (χ0n) is 18.4. The zero-order valence-corrected chi connectivity index (χ0v) is 18.4. The maximum absolute atomic E-state index is 6.16. The Bertz CT molecular complexity index is 740. The molecule has 0 radical (unpaired) electrons. The lowest BCUT2D eigenvalue weighted by molar-refractivity contribution is -0.0510. The van der Waals surface area contributed by atoms with E-state index in [1.54, 1.807) is 5.57 Å². The lowest BCUT2D eigenvalue weighted by atomic mass is 9.47. The standard InChI is InChI=1S/C26H39NO2/c1-25-11-8-20(29-14-3-13-27)16-19(25)4-5-21-23-7-6-22(18-10-15-28-17-18)26(23,2)12-9-24(21)25/h4,10,15,17,20-24H,3,5-9,11-14,16,27H2,1-2H3/t20?,21-,22?,23-,24+,25-,26+/m0/s1. The normalized spacial score (nSPS) is 44.0. The van der Waals surface area contributed by atoms with Gasteiger partial charge in [0.25, 0.3) is 0 Å². The molecule has 1 aromatic rings. The number of hydrogen-bond acceptors (Lipinski definition) is 3. The minimum Gasteiger partial charge on any atom is -0.472 e. The van der Waals surface area contributed by atoms with Crippen molar-refractivity contribution in [2.45, 2.75) is 83.7 Å². The Morgan fingerprint density at radius 2 is 2.03 bits per heavy atom. The van der Waals surface area contributed by atoms with Crippen LogP contribution in [0.1, 0.15) is 83.1 Å². The summed E-state index contributed by atoms with van der Waals surface area (Å²) in [5, 5.41) is 0. The van der Waals surface area contributed by atoms with Crippen molar-refractivity contribution in [2.75, 3.05) is 13.2 Å². The van der Waals surface area contributed by atoms with Crippen molar-refractivity contribution in [3.8, 4) is 0 Å². The fourth-order valence-corrected chi connectivity index (χ4v) is 8.12. The largest absolute Gasteiger partial charge is 0.472 e. The molecule has 1 heterocycles. The van der Waals surface area contributed by atoms with Crippen molar-refractivity contribution in [1.82, 2.24) is 0 Å². The Balaban J connectivity index is 1.34. The molecule has 0 spiro atoms. The maximum atomic E-state index is 6.16. The third-order valence-corrected chi connectivity index (χ3v) is 9.71. The minimum atomic E-state index is 0.408. The first kappa shape index (κ1) is 19.9. The summed E-state index contributed by atoms with van der Waals surface area (Å²) < 4.78 is 11.6. The van der Waals surface area contributed by atoms with Gasteiger partial charge < -0.3 is 14.9 Å². The molecule has 0 aromatic carbocycles. The summed E-state index contributed by atoms with van der Waals surface area (Å²) in [4.78, 5) is 0. The molecule has 0 amide bonds. The van der Waals surface area contributed by atoms with Crippen LogP contribution < -0.4 is 5.73 Å². The van der Waals surface area contributed by atoms with Gasteiger partial charge in [-0.2, -0.15) is 0 Å². The summed E-state index contributed by atoms with van der Waals surface area (Å²) in [6.07, 6.45) is 18.4. The summed E-state index contributed by atoms with van der Waals surface area (Å²) in [6.45, 7) is 6.75. The fraction of sp³-hybridized carbons (Fsp3) is 0.769. The SMILES string of the molecule is C[C@]12CCC(OCCCN)CC1=CC[C@@H]1[C@H]2CC[C@]2(C)C(c3ccoc3)CC[C@@H]12. The number of nitrogens with two attached hydrogens (primary N) is 1. The van der Waals surface area contributed by atoms with Gasteiger partial charge in [-0.1, -0.05) is 25.5 Å². The minimum absolute atomic E-state index is 0.408. The van der Waals surface area contributed by atoms with Gasteiger partial charge in [0.15, 0.2) is 0 Å². The first-order chi connectivity index (χ1) is 14.1. The zero-order chi connectivity index (χ0) is 20.1. The van der Waals surface area contributed by atoms with Gasteiger partial charge in [-0.15, -0.1) is 0 Å². The quantitative estimate of drug-likeness (QED) is 0.485. The fourth-order valence-electron chi connectivity index (χ4n) is 8.12. The van der Waals surface area contributed by atoms with Gasteiger partial charge in [-0.3, -0.25) is 0 Å². The van der Waals surface area contributed by atoms with Crippen LogP contribution in [0.3, 0.4) is 0 Å². The monoisotopic (exact) mass is 397 g/mol. The molecule has 3 heteroatoms. The van der Waals surface area contributed by atoms with Crippen LogP contribution in [0, 0.1) is 28.6 Å². The Morgan fingerprint density at radius 3 is 2.83 bits per heavy atom. The van der Waals surface area contributed by atoms with Crippen molar-refractivity contribution >= 4 is 0 Å². The number of hydrogen-bond donors (Lipinski definition) is 1. The molecule has 0 saturated heterocycles. The van der Waals surface area contributed by atoms with Crippen molar-refractivity contribution in [3.63, 3.8) is 0 Å².